The highest BCUT2D eigenvalue weighted by atomic mass is 16.5. The zero-order valence-corrected chi connectivity index (χ0v) is 4.93. The summed E-state index contributed by atoms with van der Waals surface area (Å²) >= 11 is 0. The Morgan fingerprint density at radius 3 is 3.50 bits per heavy atom. The summed E-state index contributed by atoms with van der Waals surface area (Å²) in [7, 11) is -2.94. The van der Waals surface area contributed by atoms with Crippen molar-refractivity contribution in [3.05, 3.63) is 17.9 Å². The van der Waals surface area contributed by atoms with Crippen LogP contribution in [0, 0.1) is 6.85 Å². The molecule has 0 spiro atoms. The van der Waals surface area contributed by atoms with E-state index in [1.807, 2.05) is 0 Å². The summed E-state index contributed by atoms with van der Waals surface area (Å²) < 4.78 is 61.6. The average Bonchev–Trinajstić information content (AvgIpc) is 2.15. The number of hydrogen-bond acceptors (Lipinski definition) is 3. The minimum Gasteiger partial charge on any atom is -0.495 e. The number of aryl methyl sites for hydroxylation is 1. The molecule has 0 unspecified atom stereocenters. The molecule has 0 fully saturated rings. The van der Waals surface area contributed by atoms with Gasteiger partial charge in [0.1, 0.15) is 5.75 Å². The normalized spacial score (nSPS) is 23.6. The van der Waals surface area contributed by atoms with E-state index < -0.39 is 43.2 Å². The maximum Gasteiger partial charge on any atom is 0.142 e. The first-order chi connectivity index (χ1) is 7.93. The molecule has 1 rings (SSSR count). The van der Waals surface area contributed by atoms with E-state index in [0.29, 0.717) is 0 Å². The standard InChI is InChI=1S/C7H10N2O/c1-5-7(10-2)3-6(8)4-9-5/h3-4H,8H2,1-2H3/i1D3,2D3,3D,4D. The lowest BCUT2D eigenvalue weighted by Gasteiger charge is -2.02. The maximum absolute atomic E-state index is 7.53. The van der Waals surface area contributed by atoms with Gasteiger partial charge in [0.05, 0.1) is 31.4 Å². The van der Waals surface area contributed by atoms with Crippen LogP contribution in [-0.4, -0.2) is 12.0 Å². The van der Waals surface area contributed by atoms with Gasteiger partial charge < -0.3 is 10.5 Å². The van der Waals surface area contributed by atoms with Crippen LogP contribution in [0.25, 0.3) is 0 Å². The second kappa shape index (κ2) is 2.56. The summed E-state index contributed by atoms with van der Waals surface area (Å²) in [6, 6.07) is -0.669. The van der Waals surface area contributed by atoms with Crippen LogP contribution in [0.1, 0.15) is 16.7 Å². The highest BCUT2D eigenvalue weighted by Crippen LogP contribution is 2.16. The number of anilines is 1. The Bertz CT molecular complexity index is 466. The van der Waals surface area contributed by atoms with Crippen LogP contribution in [0.5, 0.6) is 5.75 Å². The van der Waals surface area contributed by atoms with Gasteiger partial charge in [-0.1, -0.05) is 0 Å². The molecule has 1 heterocycles. The van der Waals surface area contributed by atoms with Gasteiger partial charge in [-0.05, 0) is 6.85 Å². The molecule has 0 aliphatic carbocycles. The lowest BCUT2D eigenvalue weighted by Crippen LogP contribution is -1.93. The molecule has 54 valence electrons. The number of pyridine rings is 1. The van der Waals surface area contributed by atoms with Crippen molar-refractivity contribution in [3.8, 4) is 5.75 Å². The fraction of sp³-hybridized carbons (Fsp3) is 0.286. The second-order valence-corrected chi connectivity index (χ2v) is 1.54. The number of aromatic nitrogens is 1. The SMILES string of the molecule is [2H]c1nc(C([2H])([2H])[2H])c(OC([2H])([2H])[2H])c([2H])c1N. The first-order valence-electron chi connectivity index (χ1n) is 6.39. The van der Waals surface area contributed by atoms with Gasteiger partial charge in [-0.2, -0.15) is 0 Å². The Hall–Kier alpha value is -1.25. The number of nitrogens with two attached hydrogens (primary N) is 1. The summed E-state index contributed by atoms with van der Waals surface area (Å²) in [6.07, 6.45) is -0.607. The van der Waals surface area contributed by atoms with Crippen LogP contribution in [0.3, 0.4) is 0 Å². The average molecular weight is 146 g/mol. The first-order valence-corrected chi connectivity index (χ1v) is 2.39. The predicted molar refractivity (Wildman–Crippen MR) is 39.9 cm³/mol. The van der Waals surface area contributed by atoms with Gasteiger partial charge in [0, 0.05) is 10.2 Å². The second-order valence-electron chi connectivity index (χ2n) is 1.54. The minimum atomic E-state index is -2.94. The molecule has 0 saturated heterocycles. The zero-order valence-electron chi connectivity index (χ0n) is 12.9. The summed E-state index contributed by atoms with van der Waals surface area (Å²) in [5, 5.41) is 0. The van der Waals surface area contributed by atoms with E-state index in [2.05, 4.69) is 9.72 Å². The number of hydrogen-bond donors (Lipinski definition) is 1. The molecule has 0 aliphatic rings. The smallest absolute Gasteiger partial charge is 0.142 e. The summed E-state index contributed by atoms with van der Waals surface area (Å²) in [6.45, 7) is -2.81. The van der Waals surface area contributed by atoms with E-state index >= 15 is 0 Å². The molecule has 0 amide bonds. The lowest BCUT2D eigenvalue weighted by molar-refractivity contribution is 0.409. The Morgan fingerprint density at radius 2 is 2.80 bits per heavy atom. The van der Waals surface area contributed by atoms with E-state index in [9.17, 15) is 0 Å². The van der Waals surface area contributed by atoms with E-state index in [1.165, 1.54) is 0 Å². The highest BCUT2D eigenvalue weighted by molar-refractivity contribution is 5.43. The van der Waals surface area contributed by atoms with Crippen molar-refractivity contribution in [1.82, 2.24) is 4.98 Å². The van der Waals surface area contributed by atoms with E-state index in [-0.39, 0.29) is 0 Å². The molecular weight excluding hydrogens is 128 g/mol. The molecule has 0 saturated carbocycles. The van der Waals surface area contributed by atoms with Gasteiger partial charge in [0.25, 0.3) is 0 Å². The van der Waals surface area contributed by atoms with Crippen LogP contribution in [0.15, 0.2) is 12.2 Å². The van der Waals surface area contributed by atoms with Crippen LogP contribution in [0.4, 0.5) is 5.69 Å². The molecule has 3 nitrogen and oxygen atoms in total. The molecular formula is C7H10N2O. The number of ether oxygens (including phenoxy) is 1. The third-order valence-electron chi connectivity index (χ3n) is 0.853. The quantitative estimate of drug-likeness (QED) is 0.642. The third-order valence-corrected chi connectivity index (χ3v) is 0.853. The van der Waals surface area contributed by atoms with Gasteiger partial charge in [0.2, 0.25) is 0 Å². The van der Waals surface area contributed by atoms with Gasteiger partial charge in [-0.15, -0.1) is 0 Å². The van der Waals surface area contributed by atoms with Crippen molar-refractivity contribution in [1.29, 1.82) is 0 Å². The van der Waals surface area contributed by atoms with Crippen molar-refractivity contribution < 1.29 is 15.7 Å². The Labute approximate surface area is 71.1 Å². The Balaban J connectivity index is 3.50. The topological polar surface area (TPSA) is 48.1 Å². The molecule has 1 aromatic heterocycles. The first kappa shape index (κ1) is 1.87. The van der Waals surface area contributed by atoms with Crippen molar-refractivity contribution in [2.75, 3.05) is 12.8 Å². The van der Waals surface area contributed by atoms with Gasteiger partial charge >= 0.3 is 0 Å². The number of nitrogens with zero attached hydrogens (tertiary/aromatic N) is 1. The third kappa shape index (κ3) is 1.18. The number of nitrogen functional groups attached to an aromatic ring is 1. The Kier molecular flexibility index (Phi) is 0.479. The fourth-order valence-corrected chi connectivity index (χ4v) is 0.450. The fourth-order valence-electron chi connectivity index (χ4n) is 0.450. The van der Waals surface area contributed by atoms with Gasteiger partial charge in [-0.25, -0.2) is 0 Å². The van der Waals surface area contributed by atoms with Crippen LogP contribution in [-0.2, 0) is 0 Å². The van der Waals surface area contributed by atoms with Crippen molar-refractivity contribution >= 4 is 5.69 Å². The lowest BCUT2D eigenvalue weighted by atomic mass is 10.3. The number of methoxy groups -OCH3 is 1. The van der Waals surface area contributed by atoms with Gasteiger partial charge in [0.15, 0.2) is 0 Å². The van der Waals surface area contributed by atoms with E-state index in [1.54, 1.807) is 0 Å². The monoisotopic (exact) mass is 146 g/mol. The van der Waals surface area contributed by atoms with Crippen LogP contribution >= 0.6 is 0 Å². The largest absolute Gasteiger partial charge is 0.495 e. The predicted octanol–water partition coefficient (Wildman–Crippen LogP) is 0.981. The van der Waals surface area contributed by atoms with Gasteiger partial charge in [-0.3, -0.25) is 4.98 Å². The molecule has 0 aromatic carbocycles. The zero-order chi connectivity index (χ0) is 14.3. The molecule has 1 aromatic rings. The number of rotatable bonds is 1. The molecule has 2 N–H and O–H groups in total. The van der Waals surface area contributed by atoms with Crippen LogP contribution < -0.4 is 10.5 Å². The minimum absolute atomic E-state index is 0.442. The van der Waals surface area contributed by atoms with E-state index in [0.717, 1.165) is 0 Å². The van der Waals surface area contributed by atoms with Crippen molar-refractivity contribution in [2.45, 2.75) is 6.85 Å². The maximum atomic E-state index is 7.53. The summed E-state index contributed by atoms with van der Waals surface area (Å²) in [5.74, 6) is -0.747. The molecule has 0 aliphatic heterocycles. The molecule has 0 atom stereocenters. The highest BCUT2D eigenvalue weighted by Gasteiger charge is 1.97. The van der Waals surface area contributed by atoms with Crippen molar-refractivity contribution in [2.24, 2.45) is 0 Å². The Morgan fingerprint density at radius 1 is 1.90 bits per heavy atom. The van der Waals surface area contributed by atoms with E-state index in [4.69, 9.17) is 16.7 Å². The summed E-state index contributed by atoms with van der Waals surface area (Å²) in [5.41, 5.74) is 4.13. The van der Waals surface area contributed by atoms with Crippen LogP contribution in [0.2, 0.25) is 0 Å². The molecule has 0 bridgehead atoms. The molecule has 0 radical (unpaired) electrons. The molecule has 3 heteroatoms. The molecule has 10 heavy (non-hydrogen) atoms. The summed E-state index contributed by atoms with van der Waals surface area (Å²) in [4.78, 5) is 3.37. The van der Waals surface area contributed by atoms with Crippen molar-refractivity contribution in [3.63, 3.8) is 0 Å².